The van der Waals surface area contributed by atoms with Crippen molar-refractivity contribution < 1.29 is 4.79 Å². The summed E-state index contributed by atoms with van der Waals surface area (Å²) < 4.78 is 2.02. The zero-order valence-corrected chi connectivity index (χ0v) is 14.4. The molecule has 0 saturated heterocycles. The third kappa shape index (κ3) is 3.63. The molecule has 3 rings (SSSR count). The highest BCUT2D eigenvalue weighted by Crippen LogP contribution is 2.41. The number of carbonyl (C=O) groups is 1. The number of hydrogen-bond acceptors (Lipinski definition) is 3. The number of nitrogens with one attached hydrogen (secondary N) is 1. The van der Waals surface area contributed by atoms with Gasteiger partial charge in [0.05, 0.1) is 5.54 Å². The van der Waals surface area contributed by atoms with Crippen LogP contribution in [0.25, 0.3) is 0 Å². The minimum atomic E-state index is -0.0970. The van der Waals surface area contributed by atoms with Crippen LogP contribution in [-0.2, 0) is 5.54 Å². The van der Waals surface area contributed by atoms with Crippen LogP contribution in [0.4, 0.5) is 0 Å². The second kappa shape index (κ2) is 6.20. The minimum absolute atomic E-state index is 0. The number of amides is 1. The van der Waals surface area contributed by atoms with E-state index < -0.39 is 0 Å². The standard InChI is InChI=1S/C16H26N4O.ClH/c1-16(2,3)20-14(11-6-7-11)8-12(19-20)15(21)18-13(9-17)10-4-5-10;/h8,10-11,13H,4-7,9,17H2,1-3H3,(H,18,21);1H. The van der Waals surface area contributed by atoms with E-state index in [2.05, 4.69) is 31.2 Å². The Balaban J connectivity index is 0.00000176. The highest BCUT2D eigenvalue weighted by atomic mass is 35.5. The molecule has 22 heavy (non-hydrogen) atoms. The van der Waals surface area contributed by atoms with Gasteiger partial charge in [0, 0.05) is 24.2 Å². The Morgan fingerprint density at radius 2 is 2.05 bits per heavy atom. The van der Waals surface area contributed by atoms with Crippen LogP contribution in [-0.4, -0.2) is 28.3 Å². The maximum atomic E-state index is 12.4. The Hall–Kier alpha value is -1.07. The molecule has 1 atom stereocenters. The molecule has 0 aromatic carbocycles. The normalized spacial score (nSPS) is 19.5. The number of nitrogens with zero attached hydrogens (tertiary/aromatic N) is 2. The van der Waals surface area contributed by atoms with Gasteiger partial charge in [-0.1, -0.05) is 0 Å². The molecule has 2 saturated carbocycles. The number of carbonyl (C=O) groups excluding carboxylic acids is 1. The van der Waals surface area contributed by atoms with Crippen molar-refractivity contribution in [3.05, 3.63) is 17.5 Å². The number of aromatic nitrogens is 2. The predicted molar refractivity (Wildman–Crippen MR) is 89.5 cm³/mol. The van der Waals surface area contributed by atoms with Crippen molar-refractivity contribution in [2.75, 3.05) is 6.54 Å². The number of nitrogens with two attached hydrogens (primary N) is 1. The van der Waals surface area contributed by atoms with E-state index in [1.54, 1.807) is 0 Å². The smallest absolute Gasteiger partial charge is 0.272 e. The Kier molecular flexibility index (Phi) is 4.87. The van der Waals surface area contributed by atoms with E-state index in [1.165, 1.54) is 31.4 Å². The summed E-state index contributed by atoms with van der Waals surface area (Å²) >= 11 is 0. The van der Waals surface area contributed by atoms with Gasteiger partial charge < -0.3 is 11.1 Å². The lowest BCUT2D eigenvalue weighted by Gasteiger charge is -2.22. The number of hydrogen-bond donors (Lipinski definition) is 2. The lowest BCUT2D eigenvalue weighted by atomic mass is 10.1. The SMILES string of the molecule is CC(C)(C)n1nc(C(=O)NC(CN)C2CC2)cc1C1CC1.Cl. The van der Waals surface area contributed by atoms with Gasteiger partial charge in [-0.15, -0.1) is 12.4 Å². The van der Waals surface area contributed by atoms with Crippen LogP contribution in [0.2, 0.25) is 0 Å². The Morgan fingerprint density at radius 3 is 2.50 bits per heavy atom. The molecule has 1 unspecified atom stereocenters. The lowest BCUT2D eigenvalue weighted by molar-refractivity contribution is 0.0927. The molecule has 1 aromatic rings. The topological polar surface area (TPSA) is 72.9 Å². The number of rotatable bonds is 5. The second-order valence-electron chi connectivity index (χ2n) is 7.46. The van der Waals surface area contributed by atoms with E-state index in [-0.39, 0.29) is 29.9 Å². The van der Waals surface area contributed by atoms with Gasteiger partial charge in [0.2, 0.25) is 0 Å². The summed E-state index contributed by atoms with van der Waals surface area (Å²) in [5, 5.41) is 7.63. The molecular weight excluding hydrogens is 300 g/mol. The van der Waals surface area contributed by atoms with E-state index in [1.807, 2.05) is 10.7 Å². The molecule has 0 spiro atoms. The first-order valence-corrected chi connectivity index (χ1v) is 8.01. The van der Waals surface area contributed by atoms with Crippen molar-refractivity contribution in [2.24, 2.45) is 11.7 Å². The molecule has 0 radical (unpaired) electrons. The monoisotopic (exact) mass is 326 g/mol. The van der Waals surface area contributed by atoms with Crippen molar-refractivity contribution in [1.29, 1.82) is 0 Å². The summed E-state index contributed by atoms with van der Waals surface area (Å²) in [5.41, 5.74) is 7.40. The molecule has 3 N–H and O–H groups in total. The molecule has 1 aromatic heterocycles. The summed E-state index contributed by atoms with van der Waals surface area (Å²) in [4.78, 5) is 12.4. The summed E-state index contributed by atoms with van der Waals surface area (Å²) in [5.74, 6) is 1.06. The van der Waals surface area contributed by atoms with E-state index in [9.17, 15) is 4.79 Å². The Morgan fingerprint density at radius 1 is 1.41 bits per heavy atom. The second-order valence-corrected chi connectivity index (χ2v) is 7.46. The van der Waals surface area contributed by atoms with E-state index >= 15 is 0 Å². The Bertz CT molecular complexity index is 541. The fourth-order valence-corrected chi connectivity index (χ4v) is 2.82. The largest absolute Gasteiger partial charge is 0.346 e. The van der Waals surface area contributed by atoms with Crippen LogP contribution < -0.4 is 11.1 Å². The van der Waals surface area contributed by atoms with Crippen molar-refractivity contribution >= 4 is 18.3 Å². The van der Waals surface area contributed by atoms with Crippen LogP contribution in [0.5, 0.6) is 0 Å². The summed E-state index contributed by atoms with van der Waals surface area (Å²) in [6, 6.07) is 2.07. The molecule has 6 heteroatoms. The third-order valence-corrected chi connectivity index (χ3v) is 4.36. The fraction of sp³-hybridized carbons (Fsp3) is 0.750. The molecule has 5 nitrogen and oxygen atoms in total. The summed E-state index contributed by atoms with van der Waals surface area (Å²) in [6.07, 6.45) is 4.75. The van der Waals surface area contributed by atoms with Crippen molar-refractivity contribution in [1.82, 2.24) is 15.1 Å². The average molecular weight is 327 g/mol. The van der Waals surface area contributed by atoms with Gasteiger partial charge in [0.25, 0.3) is 5.91 Å². The number of halogens is 1. The van der Waals surface area contributed by atoms with Crippen LogP contribution in [0, 0.1) is 5.92 Å². The first-order valence-electron chi connectivity index (χ1n) is 8.01. The first-order chi connectivity index (χ1) is 9.90. The molecule has 124 valence electrons. The molecule has 0 bridgehead atoms. The predicted octanol–water partition coefficient (Wildman–Crippen LogP) is 2.40. The molecule has 0 aliphatic heterocycles. The zero-order chi connectivity index (χ0) is 15.2. The minimum Gasteiger partial charge on any atom is -0.346 e. The Labute approximate surface area is 138 Å². The van der Waals surface area contributed by atoms with Crippen molar-refractivity contribution in [3.63, 3.8) is 0 Å². The van der Waals surface area contributed by atoms with Crippen molar-refractivity contribution in [2.45, 2.75) is 64.0 Å². The summed E-state index contributed by atoms with van der Waals surface area (Å²) in [6.45, 7) is 6.88. The summed E-state index contributed by atoms with van der Waals surface area (Å²) in [7, 11) is 0. The van der Waals surface area contributed by atoms with Gasteiger partial charge in [-0.2, -0.15) is 5.10 Å². The maximum absolute atomic E-state index is 12.4. The van der Waals surface area contributed by atoms with Crippen LogP contribution in [0.1, 0.15) is 68.6 Å². The highest BCUT2D eigenvalue weighted by Gasteiger charge is 2.34. The molecule has 2 aliphatic carbocycles. The van der Waals surface area contributed by atoms with E-state index in [0.717, 1.165) is 0 Å². The molecule has 2 fully saturated rings. The van der Waals surface area contributed by atoms with Crippen LogP contribution in [0.3, 0.4) is 0 Å². The van der Waals surface area contributed by atoms with E-state index in [4.69, 9.17) is 5.73 Å². The molecule has 1 heterocycles. The lowest BCUT2D eigenvalue weighted by Crippen LogP contribution is -2.42. The van der Waals surface area contributed by atoms with Crippen molar-refractivity contribution in [3.8, 4) is 0 Å². The van der Waals surface area contributed by atoms with Gasteiger partial charge >= 0.3 is 0 Å². The van der Waals surface area contributed by atoms with Crippen LogP contribution >= 0.6 is 12.4 Å². The van der Waals surface area contributed by atoms with E-state index in [0.29, 0.717) is 24.1 Å². The molecule has 1 amide bonds. The zero-order valence-electron chi connectivity index (χ0n) is 13.6. The molecule has 2 aliphatic rings. The quantitative estimate of drug-likeness (QED) is 0.872. The first kappa shape index (κ1) is 17.3. The van der Waals surface area contributed by atoms with Gasteiger partial charge in [-0.25, -0.2) is 0 Å². The third-order valence-electron chi connectivity index (χ3n) is 4.36. The van der Waals surface area contributed by atoms with Crippen LogP contribution in [0.15, 0.2) is 6.07 Å². The highest BCUT2D eigenvalue weighted by molar-refractivity contribution is 5.92. The van der Waals surface area contributed by atoms with Gasteiger partial charge in [0.1, 0.15) is 5.69 Å². The maximum Gasteiger partial charge on any atom is 0.272 e. The van der Waals surface area contributed by atoms with Gasteiger partial charge in [-0.05, 0) is 58.4 Å². The average Bonchev–Trinajstić information content (AvgIpc) is 3.32. The fourth-order valence-electron chi connectivity index (χ4n) is 2.82. The van der Waals surface area contributed by atoms with Gasteiger partial charge in [-0.3, -0.25) is 9.48 Å². The molecular formula is C16H27ClN4O. The van der Waals surface area contributed by atoms with Gasteiger partial charge in [0.15, 0.2) is 0 Å².